The Bertz CT molecular complexity index is 987. The summed E-state index contributed by atoms with van der Waals surface area (Å²) in [7, 11) is 0. The highest BCUT2D eigenvalue weighted by molar-refractivity contribution is 7.08. The number of carbonyl (C=O) groups is 1. The Hall–Kier alpha value is -2.60. The van der Waals surface area contributed by atoms with Crippen LogP contribution in [0.2, 0.25) is 0 Å². The first-order valence-electron chi connectivity index (χ1n) is 8.68. The van der Waals surface area contributed by atoms with Crippen molar-refractivity contribution in [1.29, 1.82) is 0 Å². The SMILES string of the molecule is CC(C)Cc1cc2c(cc1O)CCc1c(C(=O)O)nc(-c3ccsc3)n1-2. The number of hydrogen-bond donors (Lipinski definition) is 2. The van der Waals surface area contributed by atoms with Gasteiger partial charge >= 0.3 is 5.97 Å². The van der Waals surface area contributed by atoms with Crippen LogP contribution < -0.4 is 0 Å². The van der Waals surface area contributed by atoms with Gasteiger partial charge in [-0.2, -0.15) is 11.3 Å². The topological polar surface area (TPSA) is 75.3 Å². The third-order valence-electron chi connectivity index (χ3n) is 4.73. The van der Waals surface area contributed by atoms with Gasteiger partial charge in [0, 0.05) is 10.9 Å². The summed E-state index contributed by atoms with van der Waals surface area (Å²) in [6.07, 6.45) is 2.05. The Balaban J connectivity index is 1.97. The molecule has 0 aliphatic carbocycles. The first kappa shape index (κ1) is 16.8. The quantitative estimate of drug-likeness (QED) is 0.720. The molecule has 0 bridgehead atoms. The van der Waals surface area contributed by atoms with Crippen LogP contribution in [0.1, 0.15) is 41.2 Å². The van der Waals surface area contributed by atoms with Crippen molar-refractivity contribution in [2.45, 2.75) is 33.1 Å². The summed E-state index contributed by atoms with van der Waals surface area (Å²) in [5, 5.41) is 23.9. The number of fused-ring (bicyclic) bond motifs is 3. The fourth-order valence-corrected chi connectivity index (χ4v) is 4.26. The fourth-order valence-electron chi connectivity index (χ4n) is 3.63. The van der Waals surface area contributed by atoms with E-state index in [0.29, 0.717) is 30.3 Å². The number of benzene rings is 1. The molecule has 1 aromatic carbocycles. The van der Waals surface area contributed by atoms with Gasteiger partial charge < -0.3 is 10.2 Å². The summed E-state index contributed by atoms with van der Waals surface area (Å²) in [4.78, 5) is 16.2. The molecule has 0 radical (unpaired) electrons. The van der Waals surface area contributed by atoms with Crippen molar-refractivity contribution in [2.75, 3.05) is 0 Å². The van der Waals surface area contributed by atoms with E-state index in [0.717, 1.165) is 34.5 Å². The van der Waals surface area contributed by atoms with E-state index in [1.165, 1.54) is 0 Å². The van der Waals surface area contributed by atoms with Crippen LogP contribution in [-0.2, 0) is 19.3 Å². The maximum atomic E-state index is 11.7. The molecule has 2 N–H and O–H groups in total. The molecular formula is C20H20N2O3S. The maximum Gasteiger partial charge on any atom is 0.356 e. The van der Waals surface area contributed by atoms with Crippen molar-refractivity contribution < 1.29 is 15.0 Å². The smallest absolute Gasteiger partial charge is 0.356 e. The zero-order chi connectivity index (χ0) is 18.4. The van der Waals surface area contributed by atoms with Crippen LogP contribution in [0, 0.1) is 5.92 Å². The number of phenols is 1. The Morgan fingerprint density at radius 1 is 1.35 bits per heavy atom. The Morgan fingerprint density at radius 2 is 2.15 bits per heavy atom. The molecule has 0 fully saturated rings. The number of aromatic carboxylic acids is 1. The van der Waals surface area contributed by atoms with Crippen molar-refractivity contribution in [3.05, 3.63) is 51.5 Å². The van der Waals surface area contributed by atoms with E-state index >= 15 is 0 Å². The van der Waals surface area contributed by atoms with Gasteiger partial charge in [0.25, 0.3) is 0 Å². The predicted octanol–water partition coefficient (Wildman–Crippen LogP) is 4.30. The van der Waals surface area contributed by atoms with Crippen LogP contribution in [0.4, 0.5) is 0 Å². The minimum atomic E-state index is -1.00. The molecular weight excluding hydrogens is 348 g/mol. The number of phenolic OH excluding ortho intramolecular Hbond substituents is 1. The number of nitrogens with zero attached hydrogens (tertiary/aromatic N) is 2. The number of rotatable bonds is 4. The molecule has 0 saturated heterocycles. The number of carboxylic acids is 1. The number of aromatic hydroxyl groups is 1. The second kappa shape index (κ2) is 6.29. The van der Waals surface area contributed by atoms with Crippen molar-refractivity contribution in [3.63, 3.8) is 0 Å². The molecule has 0 unspecified atom stereocenters. The number of imidazole rings is 1. The van der Waals surface area contributed by atoms with Gasteiger partial charge in [-0.1, -0.05) is 13.8 Å². The van der Waals surface area contributed by atoms with Gasteiger partial charge in [-0.15, -0.1) is 0 Å². The molecule has 0 saturated carbocycles. The lowest BCUT2D eigenvalue weighted by molar-refractivity contribution is 0.0689. The molecule has 3 aromatic rings. The van der Waals surface area contributed by atoms with E-state index in [1.54, 1.807) is 11.3 Å². The van der Waals surface area contributed by atoms with Gasteiger partial charge in [0.1, 0.15) is 11.6 Å². The average molecular weight is 368 g/mol. The number of aromatic nitrogens is 2. The Kier molecular flexibility index (Phi) is 4.07. The lowest BCUT2D eigenvalue weighted by atomic mass is 9.94. The van der Waals surface area contributed by atoms with Crippen LogP contribution in [0.15, 0.2) is 29.0 Å². The van der Waals surface area contributed by atoms with E-state index in [2.05, 4.69) is 18.8 Å². The highest BCUT2D eigenvalue weighted by atomic mass is 32.1. The fraction of sp³-hybridized carbons (Fsp3) is 0.300. The van der Waals surface area contributed by atoms with Gasteiger partial charge in [-0.3, -0.25) is 4.57 Å². The van der Waals surface area contributed by atoms with E-state index < -0.39 is 5.97 Å². The first-order valence-corrected chi connectivity index (χ1v) is 9.62. The van der Waals surface area contributed by atoms with Gasteiger partial charge in [0.05, 0.1) is 11.4 Å². The van der Waals surface area contributed by atoms with Crippen LogP contribution >= 0.6 is 11.3 Å². The average Bonchev–Trinajstić information content (AvgIpc) is 3.21. The normalized spacial score (nSPS) is 12.9. The third-order valence-corrected chi connectivity index (χ3v) is 5.42. The van der Waals surface area contributed by atoms with E-state index in [4.69, 9.17) is 0 Å². The summed E-state index contributed by atoms with van der Waals surface area (Å²) in [6.45, 7) is 4.22. The second-order valence-electron chi connectivity index (χ2n) is 7.09. The highest BCUT2D eigenvalue weighted by Gasteiger charge is 2.29. The second-order valence-corrected chi connectivity index (χ2v) is 7.87. The minimum Gasteiger partial charge on any atom is -0.508 e. The number of carboxylic acid groups (broad SMARTS) is 1. The lowest BCUT2D eigenvalue weighted by Crippen LogP contribution is -2.15. The summed E-state index contributed by atoms with van der Waals surface area (Å²) in [5.41, 5.74) is 4.60. The third kappa shape index (κ3) is 2.70. The summed E-state index contributed by atoms with van der Waals surface area (Å²) < 4.78 is 1.97. The Morgan fingerprint density at radius 3 is 2.81 bits per heavy atom. The highest BCUT2D eigenvalue weighted by Crippen LogP contribution is 2.37. The standard InChI is InChI=1S/C20H20N2O3S/c1-11(2)7-14-8-16-12(9-17(14)23)3-4-15-18(20(24)25)21-19(22(15)16)13-5-6-26-10-13/h5-6,8-11,23H,3-4,7H2,1-2H3,(H,24,25). The minimum absolute atomic E-state index is 0.121. The predicted molar refractivity (Wildman–Crippen MR) is 101 cm³/mol. The van der Waals surface area contributed by atoms with Crippen LogP contribution in [0.25, 0.3) is 17.1 Å². The summed E-state index contributed by atoms with van der Waals surface area (Å²) >= 11 is 1.56. The molecule has 134 valence electrons. The zero-order valence-corrected chi connectivity index (χ0v) is 15.5. The number of thiophene rings is 1. The maximum absolute atomic E-state index is 11.7. The van der Waals surface area contributed by atoms with Gasteiger partial charge in [-0.05, 0) is 59.9 Å². The monoisotopic (exact) mass is 368 g/mol. The zero-order valence-electron chi connectivity index (χ0n) is 14.7. The van der Waals surface area contributed by atoms with E-state index in [1.807, 2.05) is 33.5 Å². The van der Waals surface area contributed by atoms with Crippen LogP contribution in [0.3, 0.4) is 0 Å². The van der Waals surface area contributed by atoms with Gasteiger partial charge in [-0.25, -0.2) is 9.78 Å². The summed E-state index contributed by atoms with van der Waals surface area (Å²) in [5.74, 6) is 0.382. The number of aryl methyl sites for hydroxylation is 1. The molecule has 0 amide bonds. The largest absolute Gasteiger partial charge is 0.508 e. The lowest BCUT2D eigenvalue weighted by Gasteiger charge is -2.23. The summed E-state index contributed by atoms with van der Waals surface area (Å²) in [6, 6.07) is 5.78. The van der Waals surface area contributed by atoms with Crippen molar-refractivity contribution in [1.82, 2.24) is 9.55 Å². The molecule has 1 aliphatic rings. The molecule has 2 aromatic heterocycles. The van der Waals surface area contributed by atoms with Crippen molar-refractivity contribution in [2.24, 2.45) is 5.92 Å². The molecule has 3 heterocycles. The molecule has 26 heavy (non-hydrogen) atoms. The molecule has 4 rings (SSSR count). The van der Waals surface area contributed by atoms with Crippen LogP contribution in [0.5, 0.6) is 5.75 Å². The first-order chi connectivity index (χ1) is 12.5. The molecule has 0 spiro atoms. The van der Waals surface area contributed by atoms with Crippen molar-refractivity contribution >= 4 is 17.3 Å². The Labute approximate surface area is 155 Å². The van der Waals surface area contributed by atoms with Crippen LogP contribution in [-0.4, -0.2) is 25.7 Å². The van der Waals surface area contributed by atoms with Crippen molar-refractivity contribution in [3.8, 4) is 22.8 Å². The molecule has 0 atom stereocenters. The van der Waals surface area contributed by atoms with E-state index in [9.17, 15) is 15.0 Å². The molecule has 1 aliphatic heterocycles. The van der Waals surface area contributed by atoms with Gasteiger partial charge in [0.15, 0.2) is 5.69 Å². The van der Waals surface area contributed by atoms with E-state index in [-0.39, 0.29) is 5.69 Å². The number of hydrogen-bond acceptors (Lipinski definition) is 4. The van der Waals surface area contributed by atoms with Gasteiger partial charge in [0.2, 0.25) is 0 Å². The molecule has 6 heteroatoms. The molecule has 5 nitrogen and oxygen atoms in total.